The van der Waals surface area contributed by atoms with Crippen LogP contribution >= 0.6 is 15.9 Å². The minimum absolute atomic E-state index is 0.0237. The van der Waals surface area contributed by atoms with Gasteiger partial charge in [0.1, 0.15) is 17.3 Å². The predicted octanol–water partition coefficient (Wildman–Crippen LogP) is 3.68. The molecule has 0 bridgehead atoms. The van der Waals surface area contributed by atoms with E-state index in [2.05, 4.69) is 21.2 Å². The van der Waals surface area contributed by atoms with Crippen molar-refractivity contribution in [1.82, 2.24) is 5.32 Å². The van der Waals surface area contributed by atoms with Crippen molar-refractivity contribution in [3.63, 3.8) is 0 Å². The predicted molar refractivity (Wildman–Crippen MR) is 81.6 cm³/mol. The van der Waals surface area contributed by atoms with E-state index in [0.29, 0.717) is 0 Å². The van der Waals surface area contributed by atoms with E-state index in [1.807, 2.05) is 32.2 Å². The maximum absolute atomic E-state index is 5.48. The Labute approximate surface area is 127 Å². The molecule has 0 aliphatic heterocycles. The van der Waals surface area contributed by atoms with Gasteiger partial charge in [-0.3, -0.25) is 0 Å². The molecule has 1 heterocycles. The van der Waals surface area contributed by atoms with Crippen LogP contribution in [0.3, 0.4) is 0 Å². The van der Waals surface area contributed by atoms with E-state index in [4.69, 9.17) is 13.9 Å². The number of hydrogen-bond donors (Lipinski definition) is 1. The van der Waals surface area contributed by atoms with Crippen molar-refractivity contribution in [2.45, 2.75) is 13.0 Å². The smallest absolute Gasteiger partial charge is 0.133 e. The van der Waals surface area contributed by atoms with Crippen LogP contribution in [0.1, 0.15) is 22.9 Å². The molecule has 0 radical (unpaired) electrons. The Hall–Kier alpha value is -1.46. The van der Waals surface area contributed by atoms with E-state index in [9.17, 15) is 0 Å². The van der Waals surface area contributed by atoms with Gasteiger partial charge in [0, 0.05) is 11.1 Å². The van der Waals surface area contributed by atoms with Crippen LogP contribution in [-0.2, 0) is 0 Å². The molecule has 0 aliphatic rings. The molecule has 1 aromatic heterocycles. The number of ether oxygens (including phenoxy) is 2. The first-order chi connectivity index (χ1) is 9.60. The van der Waals surface area contributed by atoms with Crippen molar-refractivity contribution < 1.29 is 13.9 Å². The van der Waals surface area contributed by atoms with Crippen LogP contribution in [-0.4, -0.2) is 21.3 Å². The van der Waals surface area contributed by atoms with Crippen LogP contribution < -0.4 is 14.8 Å². The monoisotopic (exact) mass is 339 g/mol. The van der Waals surface area contributed by atoms with Gasteiger partial charge in [-0.15, -0.1) is 0 Å². The van der Waals surface area contributed by atoms with E-state index in [1.165, 1.54) is 0 Å². The molecule has 1 unspecified atom stereocenters. The van der Waals surface area contributed by atoms with Crippen LogP contribution in [0.4, 0.5) is 0 Å². The van der Waals surface area contributed by atoms with Gasteiger partial charge in [0.25, 0.3) is 0 Å². The number of hydrogen-bond acceptors (Lipinski definition) is 4. The van der Waals surface area contributed by atoms with Crippen LogP contribution in [0.15, 0.2) is 33.4 Å². The van der Waals surface area contributed by atoms with Gasteiger partial charge >= 0.3 is 0 Å². The van der Waals surface area contributed by atoms with Gasteiger partial charge in [-0.1, -0.05) is 0 Å². The molecule has 0 saturated heterocycles. The zero-order chi connectivity index (χ0) is 14.7. The number of furan rings is 1. The average molecular weight is 340 g/mol. The quantitative estimate of drug-likeness (QED) is 0.902. The molecule has 5 heteroatoms. The van der Waals surface area contributed by atoms with Gasteiger partial charge in [-0.05, 0) is 48.1 Å². The van der Waals surface area contributed by atoms with Crippen molar-refractivity contribution in [1.29, 1.82) is 0 Å². The minimum Gasteiger partial charge on any atom is -0.496 e. The molecule has 0 aliphatic carbocycles. The molecule has 20 heavy (non-hydrogen) atoms. The maximum atomic E-state index is 5.48. The number of benzene rings is 1. The lowest BCUT2D eigenvalue weighted by molar-refractivity contribution is 0.393. The highest BCUT2D eigenvalue weighted by Crippen LogP contribution is 2.38. The van der Waals surface area contributed by atoms with Crippen molar-refractivity contribution in [3.8, 4) is 11.5 Å². The van der Waals surface area contributed by atoms with E-state index < -0.39 is 0 Å². The topological polar surface area (TPSA) is 43.6 Å². The number of halogens is 1. The first-order valence-corrected chi connectivity index (χ1v) is 7.03. The lowest BCUT2D eigenvalue weighted by atomic mass is 9.99. The second-order valence-electron chi connectivity index (χ2n) is 4.44. The van der Waals surface area contributed by atoms with Crippen molar-refractivity contribution in [3.05, 3.63) is 45.8 Å². The van der Waals surface area contributed by atoms with Gasteiger partial charge in [-0.25, -0.2) is 0 Å². The Kier molecular flexibility index (Phi) is 4.73. The number of nitrogens with one attached hydrogen (secondary N) is 1. The van der Waals surface area contributed by atoms with Gasteiger partial charge < -0.3 is 19.2 Å². The van der Waals surface area contributed by atoms with E-state index >= 15 is 0 Å². The van der Waals surface area contributed by atoms with Crippen LogP contribution in [0.2, 0.25) is 0 Å². The fourth-order valence-corrected chi connectivity index (χ4v) is 2.71. The fraction of sp³-hybridized carbons (Fsp3) is 0.333. The molecular weight excluding hydrogens is 322 g/mol. The van der Waals surface area contributed by atoms with Crippen LogP contribution in [0.25, 0.3) is 0 Å². The largest absolute Gasteiger partial charge is 0.496 e. The van der Waals surface area contributed by atoms with Gasteiger partial charge in [-0.2, -0.15) is 0 Å². The molecule has 0 saturated carbocycles. The molecule has 2 rings (SSSR count). The highest BCUT2D eigenvalue weighted by molar-refractivity contribution is 9.10. The van der Waals surface area contributed by atoms with Crippen molar-refractivity contribution in [2.75, 3.05) is 21.3 Å². The highest BCUT2D eigenvalue weighted by atomic mass is 79.9. The summed E-state index contributed by atoms with van der Waals surface area (Å²) in [5.74, 6) is 2.43. The zero-order valence-electron chi connectivity index (χ0n) is 12.0. The maximum Gasteiger partial charge on any atom is 0.133 e. The van der Waals surface area contributed by atoms with Crippen LogP contribution in [0.5, 0.6) is 11.5 Å². The number of methoxy groups -OCH3 is 2. The van der Waals surface area contributed by atoms with Gasteiger partial charge in [0.15, 0.2) is 0 Å². The molecule has 0 fully saturated rings. The Balaban J connectivity index is 2.53. The summed E-state index contributed by atoms with van der Waals surface area (Å²) in [6.45, 7) is 1.93. The molecule has 0 amide bonds. The number of rotatable bonds is 5. The summed E-state index contributed by atoms with van der Waals surface area (Å²) >= 11 is 3.47. The number of aryl methyl sites for hydroxylation is 1. The molecule has 0 spiro atoms. The second kappa shape index (κ2) is 6.33. The molecular formula is C15H18BrNO3. The third kappa shape index (κ3) is 2.83. The standard InChI is InChI=1S/C15H18BrNO3/c1-9-5-10(8-20-9)15(17-2)11-6-14(19-4)12(16)7-13(11)18-3/h5-8,15,17H,1-4H3. The Bertz CT molecular complexity index is 595. The van der Waals surface area contributed by atoms with Crippen molar-refractivity contribution in [2.24, 2.45) is 0 Å². The Morgan fingerprint density at radius 3 is 2.35 bits per heavy atom. The van der Waals surface area contributed by atoms with E-state index in [-0.39, 0.29) is 6.04 Å². The summed E-state index contributed by atoms with van der Waals surface area (Å²) in [6.07, 6.45) is 1.75. The van der Waals surface area contributed by atoms with Crippen LogP contribution in [0, 0.1) is 6.92 Å². The lowest BCUT2D eigenvalue weighted by Gasteiger charge is -2.19. The fourth-order valence-electron chi connectivity index (χ4n) is 2.23. The molecule has 108 valence electrons. The first-order valence-electron chi connectivity index (χ1n) is 6.24. The lowest BCUT2D eigenvalue weighted by Crippen LogP contribution is -2.18. The summed E-state index contributed by atoms with van der Waals surface area (Å²) in [5.41, 5.74) is 2.04. The van der Waals surface area contributed by atoms with Gasteiger partial charge in [0.05, 0.1) is 31.0 Å². The van der Waals surface area contributed by atoms with E-state index in [0.717, 1.165) is 32.9 Å². The third-order valence-electron chi connectivity index (χ3n) is 3.19. The molecule has 1 N–H and O–H groups in total. The summed E-state index contributed by atoms with van der Waals surface area (Å²) in [6, 6.07) is 5.86. The molecule has 1 aromatic carbocycles. The van der Waals surface area contributed by atoms with Gasteiger partial charge in [0.2, 0.25) is 0 Å². The Morgan fingerprint density at radius 1 is 1.15 bits per heavy atom. The normalized spacial score (nSPS) is 12.2. The van der Waals surface area contributed by atoms with E-state index in [1.54, 1.807) is 20.5 Å². The van der Waals surface area contributed by atoms with Crippen molar-refractivity contribution >= 4 is 15.9 Å². The first kappa shape index (κ1) is 14.9. The molecule has 2 aromatic rings. The highest BCUT2D eigenvalue weighted by Gasteiger charge is 2.20. The third-order valence-corrected chi connectivity index (χ3v) is 3.81. The second-order valence-corrected chi connectivity index (χ2v) is 5.30. The SMILES string of the molecule is CNC(c1coc(C)c1)c1cc(OC)c(Br)cc1OC. The summed E-state index contributed by atoms with van der Waals surface area (Å²) in [5, 5.41) is 3.28. The Morgan fingerprint density at radius 2 is 1.85 bits per heavy atom. The summed E-state index contributed by atoms with van der Waals surface area (Å²) < 4.78 is 17.1. The average Bonchev–Trinajstić information content (AvgIpc) is 2.87. The zero-order valence-corrected chi connectivity index (χ0v) is 13.6. The summed E-state index contributed by atoms with van der Waals surface area (Å²) in [7, 11) is 5.21. The minimum atomic E-state index is -0.0237. The molecule has 4 nitrogen and oxygen atoms in total. The molecule has 1 atom stereocenters. The summed E-state index contributed by atoms with van der Waals surface area (Å²) in [4.78, 5) is 0.